The molecule has 6 nitrogen and oxygen atoms in total. The Morgan fingerprint density at radius 3 is 1.42 bits per heavy atom. The lowest BCUT2D eigenvalue weighted by Crippen LogP contribution is -2.24. The summed E-state index contributed by atoms with van der Waals surface area (Å²) in [6.45, 7) is 6.16. The fourth-order valence-corrected chi connectivity index (χ4v) is 2.07. The van der Waals surface area contributed by atoms with Crippen molar-refractivity contribution < 1.29 is 28.7 Å². The van der Waals surface area contributed by atoms with Gasteiger partial charge in [-0.15, -0.1) is 0 Å². The zero-order chi connectivity index (χ0) is 18.4. The molecule has 0 aromatic heterocycles. The van der Waals surface area contributed by atoms with E-state index in [9.17, 15) is 19.2 Å². The zero-order valence-electron chi connectivity index (χ0n) is 15.1. The van der Waals surface area contributed by atoms with Crippen LogP contribution < -0.4 is 0 Å². The average Bonchev–Trinajstić information content (AvgIpc) is 2.54. The first-order valence-corrected chi connectivity index (χ1v) is 8.82. The minimum atomic E-state index is -0.868. The molecule has 6 heteroatoms. The minimum Gasteiger partial charge on any atom is -0.460 e. The van der Waals surface area contributed by atoms with Crippen LogP contribution in [-0.2, 0) is 28.7 Å². The highest BCUT2D eigenvalue weighted by atomic mass is 16.5. The molecule has 0 atom stereocenters. The Labute approximate surface area is 144 Å². The maximum atomic E-state index is 11.7. The number of unbranched alkanes of at least 4 members (excludes halogenated alkanes) is 4. The van der Waals surface area contributed by atoms with E-state index in [1.54, 1.807) is 6.92 Å². The monoisotopic (exact) mass is 342 g/mol. The standard InChI is InChI=1S/C18H30O6/c1-4-6-8-10-23-17(21)15(19)12-14(3)13-16(20)18(22)24-11-9-7-5-2/h14H,4-13H2,1-3H3. The molecule has 0 fully saturated rings. The Morgan fingerprint density at radius 2 is 1.08 bits per heavy atom. The number of ketones is 2. The van der Waals surface area contributed by atoms with Crippen LogP contribution in [-0.4, -0.2) is 36.7 Å². The number of hydrogen-bond acceptors (Lipinski definition) is 6. The van der Waals surface area contributed by atoms with Gasteiger partial charge in [-0.1, -0.05) is 46.5 Å². The summed E-state index contributed by atoms with van der Waals surface area (Å²) in [6.07, 6.45) is 5.11. The molecule has 0 bridgehead atoms. The van der Waals surface area contributed by atoms with Crippen molar-refractivity contribution in [2.75, 3.05) is 13.2 Å². The van der Waals surface area contributed by atoms with Crippen LogP contribution in [0.2, 0.25) is 0 Å². The van der Waals surface area contributed by atoms with Crippen molar-refractivity contribution in [3.8, 4) is 0 Å². The van der Waals surface area contributed by atoms with Gasteiger partial charge in [-0.3, -0.25) is 9.59 Å². The van der Waals surface area contributed by atoms with E-state index in [1.807, 2.05) is 13.8 Å². The predicted octanol–water partition coefficient (Wildman–Crippen LogP) is 3.01. The van der Waals surface area contributed by atoms with Gasteiger partial charge in [-0.05, 0) is 18.8 Å². The molecule has 0 aliphatic rings. The third kappa shape index (κ3) is 10.9. The van der Waals surface area contributed by atoms with Crippen molar-refractivity contribution in [2.24, 2.45) is 5.92 Å². The number of carbonyl (C=O) groups excluding carboxylic acids is 4. The van der Waals surface area contributed by atoms with Gasteiger partial charge in [0.15, 0.2) is 0 Å². The molecule has 24 heavy (non-hydrogen) atoms. The highest BCUT2D eigenvalue weighted by Crippen LogP contribution is 2.10. The Hall–Kier alpha value is -1.72. The van der Waals surface area contributed by atoms with Gasteiger partial charge in [0.2, 0.25) is 11.6 Å². The molecule has 0 saturated carbocycles. The third-order valence-corrected chi connectivity index (χ3v) is 3.49. The normalized spacial score (nSPS) is 10.5. The zero-order valence-corrected chi connectivity index (χ0v) is 15.1. The molecule has 0 aromatic rings. The molecule has 0 rings (SSSR count). The van der Waals surface area contributed by atoms with Gasteiger partial charge in [0, 0.05) is 12.8 Å². The lowest BCUT2D eigenvalue weighted by atomic mass is 9.98. The number of hydrogen-bond donors (Lipinski definition) is 0. The summed E-state index contributed by atoms with van der Waals surface area (Å²) < 4.78 is 9.74. The van der Waals surface area contributed by atoms with Crippen molar-refractivity contribution in [2.45, 2.75) is 72.1 Å². The SMILES string of the molecule is CCCCCOC(=O)C(=O)CC(C)CC(=O)C(=O)OCCCCC. The van der Waals surface area contributed by atoms with Gasteiger partial charge in [0.1, 0.15) is 0 Å². The van der Waals surface area contributed by atoms with Crippen molar-refractivity contribution >= 4 is 23.5 Å². The number of esters is 2. The Bertz CT molecular complexity index is 378. The highest BCUT2D eigenvalue weighted by Gasteiger charge is 2.23. The van der Waals surface area contributed by atoms with E-state index < -0.39 is 29.4 Å². The van der Waals surface area contributed by atoms with Crippen molar-refractivity contribution in [1.82, 2.24) is 0 Å². The first-order chi connectivity index (χ1) is 11.4. The highest BCUT2D eigenvalue weighted by molar-refractivity contribution is 6.35. The topological polar surface area (TPSA) is 86.7 Å². The first kappa shape index (κ1) is 22.3. The lowest BCUT2D eigenvalue weighted by Gasteiger charge is -2.09. The molecule has 0 unspecified atom stereocenters. The fraction of sp³-hybridized carbons (Fsp3) is 0.778. The van der Waals surface area contributed by atoms with Crippen molar-refractivity contribution in [3.05, 3.63) is 0 Å². The van der Waals surface area contributed by atoms with E-state index >= 15 is 0 Å². The second kappa shape index (κ2) is 13.7. The van der Waals surface area contributed by atoms with Crippen molar-refractivity contribution in [3.63, 3.8) is 0 Å². The summed E-state index contributed by atoms with van der Waals surface area (Å²) in [5.41, 5.74) is 0. The number of carbonyl (C=O) groups is 4. The molecular weight excluding hydrogens is 312 g/mol. The fourth-order valence-electron chi connectivity index (χ4n) is 2.07. The van der Waals surface area contributed by atoms with Crippen LogP contribution in [0, 0.1) is 5.92 Å². The third-order valence-electron chi connectivity index (χ3n) is 3.49. The van der Waals surface area contributed by atoms with E-state index in [0.717, 1.165) is 38.5 Å². The summed E-state index contributed by atoms with van der Waals surface area (Å²) in [5.74, 6) is -3.47. The second-order valence-electron chi connectivity index (χ2n) is 6.05. The molecule has 0 spiro atoms. The maximum absolute atomic E-state index is 11.7. The first-order valence-electron chi connectivity index (χ1n) is 8.82. The summed E-state index contributed by atoms with van der Waals surface area (Å²) in [5, 5.41) is 0. The Kier molecular flexibility index (Phi) is 12.7. The molecule has 138 valence electrons. The van der Waals surface area contributed by atoms with Gasteiger partial charge in [0.25, 0.3) is 0 Å². The quantitative estimate of drug-likeness (QED) is 0.274. The minimum absolute atomic E-state index is 0.110. The van der Waals surface area contributed by atoms with E-state index in [-0.39, 0.29) is 26.1 Å². The van der Waals surface area contributed by atoms with Crippen LogP contribution >= 0.6 is 0 Å². The smallest absolute Gasteiger partial charge is 0.374 e. The van der Waals surface area contributed by atoms with Gasteiger partial charge < -0.3 is 9.47 Å². The van der Waals surface area contributed by atoms with Crippen LogP contribution in [0.1, 0.15) is 72.1 Å². The predicted molar refractivity (Wildman–Crippen MR) is 89.4 cm³/mol. The Balaban J connectivity index is 4.02. The molecule has 0 amide bonds. The summed E-state index contributed by atoms with van der Waals surface area (Å²) in [6, 6.07) is 0. The average molecular weight is 342 g/mol. The maximum Gasteiger partial charge on any atom is 0.374 e. The molecule has 0 aliphatic carbocycles. The van der Waals surface area contributed by atoms with Crippen LogP contribution in [0.25, 0.3) is 0 Å². The van der Waals surface area contributed by atoms with Crippen LogP contribution in [0.5, 0.6) is 0 Å². The molecule has 0 N–H and O–H groups in total. The molecule has 0 aromatic carbocycles. The van der Waals surface area contributed by atoms with Crippen molar-refractivity contribution in [1.29, 1.82) is 0 Å². The number of ether oxygens (including phenoxy) is 2. The lowest BCUT2D eigenvalue weighted by molar-refractivity contribution is -0.155. The van der Waals surface area contributed by atoms with Crippen LogP contribution in [0.15, 0.2) is 0 Å². The number of rotatable bonds is 14. The van der Waals surface area contributed by atoms with E-state index in [2.05, 4.69) is 0 Å². The molecular formula is C18H30O6. The molecule has 0 saturated heterocycles. The number of Topliss-reactive ketones (excluding diaryl/α,β-unsaturated/α-hetero) is 2. The van der Waals surface area contributed by atoms with Gasteiger partial charge in [-0.2, -0.15) is 0 Å². The second-order valence-corrected chi connectivity index (χ2v) is 6.05. The largest absolute Gasteiger partial charge is 0.460 e. The molecule has 0 heterocycles. The van der Waals surface area contributed by atoms with Gasteiger partial charge >= 0.3 is 11.9 Å². The van der Waals surface area contributed by atoms with Crippen LogP contribution in [0.3, 0.4) is 0 Å². The van der Waals surface area contributed by atoms with Gasteiger partial charge in [-0.25, -0.2) is 9.59 Å². The van der Waals surface area contributed by atoms with E-state index in [1.165, 1.54) is 0 Å². The summed E-state index contributed by atoms with van der Waals surface area (Å²) in [7, 11) is 0. The summed E-state index contributed by atoms with van der Waals surface area (Å²) >= 11 is 0. The molecule has 0 radical (unpaired) electrons. The van der Waals surface area contributed by atoms with E-state index in [0.29, 0.717) is 0 Å². The molecule has 0 aliphatic heterocycles. The Morgan fingerprint density at radius 1 is 0.708 bits per heavy atom. The summed E-state index contributed by atoms with van der Waals surface area (Å²) in [4.78, 5) is 46.5. The van der Waals surface area contributed by atoms with Crippen LogP contribution in [0.4, 0.5) is 0 Å². The van der Waals surface area contributed by atoms with E-state index in [4.69, 9.17) is 9.47 Å². The van der Waals surface area contributed by atoms with Gasteiger partial charge in [0.05, 0.1) is 13.2 Å².